The van der Waals surface area contributed by atoms with Crippen molar-refractivity contribution in [2.75, 3.05) is 6.54 Å². The van der Waals surface area contributed by atoms with E-state index < -0.39 is 0 Å². The van der Waals surface area contributed by atoms with E-state index in [0.29, 0.717) is 30.9 Å². The first-order valence-electron chi connectivity index (χ1n) is 9.46. The lowest BCUT2D eigenvalue weighted by atomic mass is 10.0. The third kappa shape index (κ3) is 3.35. The van der Waals surface area contributed by atoms with Gasteiger partial charge >= 0.3 is 0 Å². The Bertz CT molecular complexity index is 1280. The van der Waals surface area contributed by atoms with Crippen LogP contribution in [0.3, 0.4) is 0 Å². The summed E-state index contributed by atoms with van der Waals surface area (Å²) >= 11 is 1.58. The average molecular weight is 420 g/mol. The highest BCUT2D eigenvalue weighted by molar-refractivity contribution is 7.08. The number of fused-ring (bicyclic) bond motifs is 1. The number of carbonyl (C=O) groups is 1. The van der Waals surface area contributed by atoms with Crippen LogP contribution in [-0.2, 0) is 13.0 Å². The number of nitrogens with one attached hydrogen (secondary N) is 1. The number of rotatable bonds is 3. The number of hydrogen-bond acceptors (Lipinski definition) is 4. The minimum absolute atomic E-state index is 0.130. The maximum atomic E-state index is 13.2. The number of nitrogens with zero attached hydrogens (tertiary/aromatic N) is 3. The second-order valence-corrected chi connectivity index (χ2v) is 7.94. The fraction of sp³-hybridized carbons (Fsp3) is 0.136. The van der Waals surface area contributed by atoms with Crippen molar-refractivity contribution in [3.63, 3.8) is 0 Å². The van der Waals surface area contributed by atoms with Crippen LogP contribution in [0.15, 0.2) is 64.2 Å². The predicted molar refractivity (Wildman–Crippen MR) is 112 cm³/mol. The number of benzene rings is 1. The summed E-state index contributed by atoms with van der Waals surface area (Å²) in [6.07, 6.45) is 2.35. The van der Waals surface area contributed by atoms with E-state index in [9.17, 15) is 14.0 Å². The Morgan fingerprint density at radius 2 is 1.97 bits per heavy atom. The van der Waals surface area contributed by atoms with Gasteiger partial charge in [-0.25, -0.2) is 4.39 Å². The maximum absolute atomic E-state index is 13.2. The van der Waals surface area contributed by atoms with Crippen LogP contribution in [0.1, 0.15) is 21.6 Å². The Labute approximate surface area is 175 Å². The van der Waals surface area contributed by atoms with Gasteiger partial charge in [0.1, 0.15) is 11.5 Å². The average Bonchev–Trinajstić information content (AvgIpc) is 3.45. The normalized spacial score (nSPS) is 13.3. The van der Waals surface area contributed by atoms with E-state index in [4.69, 9.17) is 0 Å². The third-order valence-electron chi connectivity index (χ3n) is 5.26. The number of H-pyrrole nitrogens is 1. The van der Waals surface area contributed by atoms with E-state index in [2.05, 4.69) is 10.2 Å². The van der Waals surface area contributed by atoms with Crippen LogP contribution >= 0.6 is 11.3 Å². The molecule has 150 valence electrons. The Balaban J connectivity index is 1.41. The number of aromatic amines is 1. The van der Waals surface area contributed by atoms with Gasteiger partial charge in [-0.1, -0.05) is 0 Å². The number of thiophene rings is 1. The molecule has 0 bridgehead atoms. The van der Waals surface area contributed by atoms with Crippen LogP contribution in [0.4, 0.5) is 4.39 Å². The fourth-order valence-corrected chi connectivity index (χ4v) is 4.32. The van der Waals surface area contributed by atoms with Gasteiger partial charge in [0.05, 0.1) is 5.69 Å². The quantitative estimate of drug-likeness (QED) is 0.550. The molecule has 0 saturated heterocycles. The molecular weight excluding hydrogens is 403 g/mol. The molecule has 6 nitrogen and oxygen atoms in total. The van der Waals surface area contributed by atoms with Gasteiger partial charge in [-0.05, 0) is 59.3 Å². The van der Waals surface area contributed by atoms with Crippen LogP contribution < -0.4 is 5.56 Å². The van der Waals surface area contributed by atoms with Crippen LogP contribution in [-0.4, -0.2) is 32.1 Å². The molecule has 1 N–H and O–H groups in total. The zero-order valence-electron chi connectivity index (χ0n) is 15.8. The van der Waals surface area contributed by atoms with Crippen molar-refractivity contribution in [1.82, 2.24) is 19.7 Å². The summed E-state index contributed by atoms with van der Waals surface area (Å²) in [4.78, 5) is 27.2. The van der Waals surface area contributed by atoms with E-state index in [1.165, 1.54) is 16.7 Å². The molecule has 4 heterocycles. The molecule has 0 spiro atoms. The maximum Gasteiger partial charge on any atom is 0.272 e. The Morgan fingerprint density at radius 1 is 1.13 bits per heavy atom. The number of amides is 1. The second kappa shape index (κ2) is 7.38. The van der Waals surface area contributed by atoms with E-state index in [1.807, 2.05) is 16.8 Å². The minimum Gasteiger partial charge on any atom is -0.333 e. The molecule has 0 atom stereocenters. The van der Waals surface area contributed by atoms with Crippen molar-refractivity contribution in [3.8, 4) is 16.9 Å². The minimum atomic E-state index is -0.358. The van der Waals surface area contributed by atoms with Crippen molar-refractivity contribution >= 4 is 17.2 Å². The van der Waals surface area contributed by atoms with Gasteiger partial charge in [0.25, 0.3) is 11.5 Å². The van der Waals surface area contributed by atoms with Gasteiger partial charge in [-0.15, -0.1) is 0 Å². The Kier molecular flexibility index (Phi) is 4.55. The molecule has 4 aromatic rings. The monoisotopic (exact) mass is 420 g/mol. The number of aromatic nitrogens is 3. The van der Waals surface area contributed by atoms with E-state index in [0.717, 1.165) is 22.4 Å². The van der Waals surface area contributed by atoms with Crippen molar-refractivity contribution in [1.29, 1.82) is 0 Å². The summed E-state index contributed by atoms with van der Waals surface area (Å²) < 4.78 is 14.7. The molecule has 30 heavy (non-hydrogen) atoms. The largest absolute Gasteiger partial charge is 0.333 e. The highest BCUT2D eigenvalue weighted by Crippen LogP contribution is 2.23. The van der Waals surface area contributed by atoms with Gasteiger partial charge in [-0.2, -0.15) is 16.4 Å². The highest BCUT2D eigenvalue weighted by atomic mass is 32.1. The summed E-state index contributed by atoms with van der Waals surface area (Å²) in [6, 6.07) is 11.1. The first-order chi connectivity index (χ1) is 14.6. The third-order valence-corrected chi connectivity index (χ3v) is 5.95. The van der Waals surface area contributed by atoms with Crippen LogP contribution in [0, 0.1) is 5.82 Å². The van der Waals surface area contributed by atoms with Crippen molar-refractivity contribution in [2.45, 2.75) is 13.0 Å². The second-order valence-electron chi connectivity index (χ2n) is 7.16. The first kappa shape index (κ1) is 18.5. The molecule has 0 saturated carbocycles. The smallest absolute Gasteiger partial charge is 0.272 e. The summed E-state index contributed by atoms with van der Waals surface area (Å²) in [5, 5.41) is 11.0. The lowest BCUT2D eigenvalue weighted by molar-refractivity contribution is 0.0728. The van der Waals surface area contributed by atoms with Crippen molar-refractivity contribution in [2.24, 2.45) is 0 Å². The summed E-state index contributed by atoms with van der Waals surface area (Å²) in [6.45, 7) is 0.918. The fourth-order valence-electron chi connectivity index (χ4n) is 3.67. The van der Waals surface area contributed by atoms with Gasteiger partial charge in [0.2, 0.25) is 0 Å². The lowest BCUT2D eigenvalue weighted by Gasteiger charge is -2.28. The number of halogens is 1. The molecule has 0 radical (unpaired) electrons. The number of hydrogen-bond donors (Lipinski definition) is 1. The SMILES string of the molecule is O=C(c1cc(-c2ccsc2)n[nH]1)N1CCc2cc(=O)n(-c3ccc(F)cc3)cc2C1. The molecule has 0 unspecified atom stereocenters. The number of pyridine rings is 1. The zero-order valence-corrected chi connectivity index (χ0v) is 16.7. The molecule has 1 aliphatic rings. The molecule has 3 aromatic heterocycles. The predicted octanol–water partition coefficient (Wildman–Crippen LogP) is 3.63. The highest BCUT2D eigenvalue weighted by Gasteiger charge is 2.24. The summed E-state index contributed by atoms with van der Waals surface area (Å²) in [5.74, 6) is -0.489. The molecule has 8 heteroatoms. The summed E-state index contributed by atoms with van der Waals surface area (Å²) in [5.41, 5.74) is 4.40. The van der Waals surface area contributed by atoms with Crippen LogP contribution in [0.5, 0.6) is 0 Å². The van der Waals surface area contributed by atoms with Gasteiger partial charge in [0, 0.05) is 42.0 Å². The zero-order chi connectivity index (χ0) is 20.7. The van der Waals surface area contributed by atoms with E-state index >= 15 is 0 Å². The number of carbonyl (C=O) groups excluding carboxylic acids is 1. The Hall–Kier alpha value is -3.52. The topological polar surface area (TPSA) is 71.0 Å². The Morgan fingerprint density at radius 3 is 2.73 bits per heavy atom. The molecule has 0 fully saturated rings. The van der Waals surface area contributed by atoms with E-state index in [-0.39, 0.29) is 17.3 Å². The standard InChI is InChI=1S/C22H17FN4O2S/c23-17-1-3-18(4-2-17)27-12-16-11-26(7-5-14(16)9-21(27)28)22(29)20-10-19(24-25-20)15-6-8-30-13-15/h1-4,6,8-10,12-13H,5,7,11H2,(H,24,25). The van der Waals surface area contributed by atoms with Crippen molar-refractivity contribution in [3.05, 3.63) is 92.4 Å². The molecule has 1 amide bonds. The van der Waals surface area contributed by atoms with Crippen LogP contribution in [0.2, 0.25) is 0 Å². The molecule has 1 aromatic carbocycles. The molecule has 5 rings (SSSR count). The van der Waals surface area contributed by atoms with E-state index in [1.54, 1.807) is 46.7 Å². The first-order valence-corrected chi connectivity index (χ1v) is 10.4. The molecule has 0 aliphatic carbocycles. The van der Waals surface area contributed by atoms with Crippen LogP contribution in [0.25, 0.3) is 16.9 Å². The summed E-state index contributed by atoms with van der Waals surface area (Å²) in [7, 11) is 0. The molecular formula is C22H17FN4O2S. The molecule has 1 aliphatic heterocycles. The lowest BCUT2D eigenvalue weighted by Crippen LogP contribution is -2.37. The van der Waals surface area contributed by atoms with Crippen molar-refractivity contribution < 1.29 is 9.18 Å². The van der Waals surface area contributed by atoms with Gasteiger partial charge in [0.15, 0.2) is 0 Å². The van der Waals surface area contributed by atoms with Gasteiger partial charge < -0.3 is 4.90 Å². The van der Waals surface area contributed by atoms with Gasteiger partial charge in [-0.3, -0.25) is 19.3 Å².